The molecule has 30 heavy (non-hydrogen) atoms. The van der Waals surface area contributed by atoms with Gasteiger partial charge in [0.1, 0.15) is 4.90 Å². The molecule has 10 heteroatoms. The van der Waals surface area contributed by atoms with Gasteiger partial charge in [0.2, 0.25) is 21.8 Å². The average Bonchev–Trinajstić information content (AvgIpc) is 2.65. The Balaban J connectivity index is 2.22. The molecule has 2 N–H and O–H groups in total. The molecule has 2 aromatic rings. The van der Waals surface area contributed by atoms with Crippen LogP contribution in [0.4, 0.5) is 11.4 Å². The predicted octanol–water partition coefficient (Wildman–Crippen LogP) is 4.22. The number of benzene rings is 2. The summed E-state index contributed by atoms with van der Waals surface area (Å²) in [5.74, 6) is -0.721. The van der Waals surface area contributed by atoms with E-state index in [1.165, 1.54) is 6.92 Å². The number of anilines is 2. The van der Waals surface area contributed by atoms with E-state index in [0.717, 1.165) is 4.31 Å². The number of sulfonamides is 1. The Hall–Kier alpha value is -2.13. The van der Waals surface area contributed by atoms with E-state index >= 15 is 0 Å². The first-order valence-electron chi connectivity index (χ1n) is 9.10. The molecule has 0 heterocycles. The second kappa shape index (κ2) is 9.78. The topological polar surface area (TPSA) is 95.6 Å². The van der Waals surface area contributed by atoms with Gasteiger partial charge in [0.25, 0.3) is 0 Å². The van der Waals surface area contributed by atoms with E-state index in [4.69, 9.17) is 23.2 Å². The van der Waals surface area contributed by atoms with Gasteiger partial charge in [0.15, 0.2) is 0 Å². The zero-order valence-corrected chi connectivity index (χ0v) is 19.4. The third-order valence-electron chi connectivity index (χ3n) is 4.35. The molecule has 0 unspecified atom stereocenters. The molecular weight excluding hydrogens is 449 g/mol. The molecule has 0 aliphatic carbocycles. The number of likely N-dealkylation sites (N-methyl/N-ethyl adjacent to an activating group) is 1. The van der Waals surface area contributed by atoms with Crippen molar-refractivity contribution in [2.75, 3.05) is 23.7 Å². The largest absolute Gasteiger partial charge is 0.326 e. The lowest BCUT2D eigenvalue weighted by Crippen LogP contribution is -2.38. The lowest BCUT2D eigenvalue weighted by atomic mass is 10.2. The highest BCUT2D eigenvalue weighted by Gasteiger charge is 2.30. The fourth-order valence-electron chi connectivity index (χ4n) is 2.82. The second-order valence-electron chi connectivity index (χ2n) is 6.68. The molecule has 0 saturated carbocycles. The van der Waals surface area contributed by atoms with Gasteiger partial charge in [0.05, 0.1) is 11.6 Å². The van der Waals surface area contributed by atoms with Crippen LogP contribution in [0.2, 0.25) is 10.0 Å². The highest BCUT2D eigenvalue weighted by Crippen LogP contribution is 2.35. The number of carbonyl (C=O) groups excluding carboxylic acids is 2. The van der Waals surface area contributed by atoms with Gasteiger partial charge >= 0.3 is 0 Å². The van der Waals surface area contributed by atoms with Gasteiger partial charge in [-0.15, -0.1) is 0 Å². The number of halogens is 2. The molecule has 0 aliphatic rings. The predicted molar refractivity (Wildman–Crippen MR) is 120 cm³/mol. The molecule has 0 bridgehead atoms. The van der Waals surface area contributed by atoms with Gasteiger partial charge in [-0.05, 0) is 55.3 Å². The highest BCUT2D eigenvalue weighted by atomic mass is 35.5. The first kappa shape index (κ1) is 24.1. The van der Waals surface area contributed by atoms with E-state index in [0.29, 0.717) is 22.5 Å². The molecule has 0 aliphatic heterocycles. The van der Waals surface area contributed by atoms with Gasteiger partial charge < -0.3 is 10.6 Å². The Morgan fingerprint density at radius 1 is 1.03 bits per heavy atom. The molecular formula is C20H23Cl2N3O4S. The van der Waals surface area contributed by atoms with Crippen LogP contribution in [-0.2, 0) is 19.6 Å². The van der Waals surface area contributed by atoms with Crippen molar-refractivity contribution in [1.29, 1.82) is 0 Å². The first-order chi connectivity index (χ1) is 14.0. The summed E-state index contributed by atoms with van der Waals surface area (Å²) in [5, 5.41) is 5.64. The van der Waals surface area contributed by atoms with Gasteiger partial charge in [-0.3, -0.25) is 9.59 Å². The molecule has 0 radical (unpaired) electrons. The number of hydrogen-bond donors (Lipinski definition) is 2. The van der Waals surface area contributed by atoms with Crippen molar-refractivity contribution < 1.29 is 18.0 Å². The first-order valence-corrected chi connectivity index (χ1v) is 11.3. The van der Waals surface area contributed by atoms with E-state index in [-0.39, 0.29) is 27.4 Å². The standard InChI is InChI=1S/C20H23Cl2N3O4S/c1-5-25(30(28,29)20-13(3)17(21)10-12(2)19(20)22)11-18(27)24-16-8-6-15(7-9-16)23-14(4)26/h6-10H,5,11H2,1-4H3,(H,23,26)(H,24,27). The van der Waals surface area contributed by atoms with Gasteiger partial charge in [-0.2, -0.15) is 4.31 Å². The van der Waals surface area contributed by atoms with Crippen LogP contribution in [0.15, 0.2) is 35.2 Å². The van der Waals surface area contributed by atoms with Crippen molar-refractivity contribution in [3.05, 3.63) is 51.5 Å². The number of aryl methyl sites for hydroxylation is 1. The third-order valence-corrected chi connectivity index (χ3v) is 7.43. The fourth-order valence-corrected chi connectivity index (χ4v) is 5.39. The Bertz CT molecular complexity index is 1040. The lowest BCUT2D eigenvalue weighted by molar-refractivity contribution is -0.116. The van der Waals surface area contributed by atoms with Gasteiger partial charge in [-0.25, -0.2) is 8.42 Å². The maximum Gasteiger partial charge on any atom is 0.245 e. The molecule has 2 rings (SSSR count). The summed E-state index contributed by atoms with van der Waals surface area (Å²) in [5.41, 5.74) is 1.92. The van der Waals surface area contributed by atoms with E-state index in [1.807, 2.05) is 0 Å². The fraction of sp³-hybridized carbons (Fsp3) is 0.300. The molecule has 162 valence electrons. The molecule has 2 aromatic carbocycles. The Labute approximate surface area is 186 Å². The number of nitrogens with zero attached hydrogens (tertiary/aromatic N) is 1. The van der Waals surface area contributed by atoms with E-state index in [1.54, 1.807) is 51.1 Å². The molecule has 0 fully saturated rings. The maximum atomic E-state index is 13.2. The van der Waals surface area contributed by atoms with Crippen molar-refractivity contribution in [3.63, 3.8) is 0 Å². The van der Waals surface area contributed by atoms with Crippen LogP contribution < -0.4 is 10.6 Å². The van der Waals surface area contributed by atoms with Crippen LogP contribution in [0, 0.1) is 13.8 Å². The molecule has 0 atom stereocenters. The van der Waals surface area contributed by atoms with Crippen LogP contribution in [0.3, 0.4) is 0 Å². The van der Waals surface area contributed by atoms with Crippen molar-refractivity contribution in [3.8, 4) is 0 Å². The normalized spacial score (nSPS) is 11.4. The summed E-state index contributed by atoms with van der Waals surface area (Å²) in [6.45, 7) is 5.94. The SMILES string of the molecule is CCN(CC(=O)Nc1ccc(NC(C)=O)cc1)S(=O)(=O)c1c(C)c(Cl)cc(C)c1Cl. The van der Waals surface area contributed by atoms with Crippen LogP contribution in [0.5, 0.6) is 0 Å². The van der Waals surface area contributed by atoms with Crippen molar-refractivity contribution >= 4 is 56.4 Å². The summed E-state index contributed by atoms with van der Waals surface area (Å²) < 4.78 is 27.5. The summed E-state index contributed by atoms with van der Waals surface area (Å²) >= 11 is 12.4. The minimum atomic E-state index is -4.06. The summed E-state index contributed by atoms with van der Waals surface area (Å²) in [6, 6.07) is 8.07. The highest BCUT2D eigenvalue weighted by molar-refractivity contribution is 7.89. The van der Waals surface area contributed by atoms with Gasteiger partial charge in [0, 0.05) is 29.9 Å². The van der Waals surface area contributed by atoms with Crippen molar-refractivity contribution in [1.82, 2.24) is 4.31 Å². The Morgan fingerprint density at radius 2 is 1.57 bits per heavy atom. The lowest BCUT2D eigenvalue weighted by Gasteiger charge is -2.23. The van der Waals surface area contributed by atoms with Crippen LogP contribution in [0.1, 0.15) is 25.0 Å². The number of nitrogens with one attached hydrogen (secondary N) is 2. The molecule has 7 nitrogen and oxygen atoms in total. The van der Waals surface area contributed by atoms with Crippen LogP contribution in [0.25, 0.3) is 0 Å². The van der Waals surface area contributed by atoms with E-state index < -0.39 is 22.5 Å². The summed E-state index contributed by atoms with van der Waals surface area (Å²) in [7, 11) is -4.06. The molecule has 0 spiro atoms. The summed E-state index contributed by atoms with van der Waals surface area (Å²) in [6.07, 6.45) is 0. The minimum absolute atomic E-state index is 0.0680. The number of carbonyl (C=O) groups is 2. The molecule has 0 saturated heterocycles. The van der Waals surface area contributed by atoms with Gasteiger partial charge in [-0.1, -0.05) is 30.1 Å². The number of amides is 2. The number of hydrogen-bond acceptors (Lipinski definition) is 4. The molecule has 2 amide bonds. The zero-order valence-electron chi connectivity index (χ0n) is 17.0. The molecule has 0 aromatic heterocycles. The third kappa shape index (κ3) is 5.51. The van der Waals surface area contributed by atoms with E-state index in [2.05, 4.69) is 10.6 Å². The van der Waals surface area contributed by atoms with Crippen LogP contribution in [-0.4, -0.2) is 37.6 Å². The zero-order chi connectivity index (χ0) is 22.6. The second-order valence-corrected chi connectivity index (χ2v) is 9.34. The minimum Gasteiger partial charge on any atom is -0.326 e. The van der Waals surface area contributed by atoms with Crippen LogP contribution >= 0.6 is 23.2 Å². The summed E-state index contributed by atoms with van der Waals surface area (Å²) in [4.78, 5) is 23.5. The van der Waals surface area contributed by atoms with E-state index in [9.17, 15) is 18.0 Å². The maximum absolute atomic E-state index is 13.2. The van der Waals surface area contributed by atoms with Crippen molar-refractivity contribution in [2.24, 2.45) is 0 Å². The Morgan fingerprint density at radius 3 is 2.07 bits per heavy atom. The average molecular weight is 472 g/mol. The monoisotopic (exact) mass is 471 g/mol. The smallest absolute Gasteiger partial charge is 0.245 e. The quantitative estimate of drug-likeness (QED) is 0.631. The Kier molecular flexibility index (Phi) is 7.87. The number of rotatable bonds is 7. The van der Waals surface area contributed by atoms with Crippen molar-refractivity contribution in [2.45, 2.75) is 32.6 Å².